The molecule has 1 aliphatic rings. The van der Waals surface area contributed by atoms with Crippen molar-refractivity contribution in [3.8, 4) is 0 Å². The molecule has 1 aliphatic heterocycles. The highest BCUT2D eigenvalue weighted by Gasteiger charge is 2.20. The van der Waals surface area contributed by atoms with E-state index in [1.54, 1.807) is 6.20 Å². The SMILES string of the molecule is O=C(NC[C@H]1CCn2ccnc2C1)c1cccc2[nH]ncc12. The molecule has 0 saturated heterocycles. The summed E-state index contributed by atoms with van der Waals surface area (Å²) < 4.78 is 2.19. The number of amides is 1. The van der Waals surface area contributed by atoms with E-state index in [4.69, 9.17) is 0 Å². The Hall–Kier alpha value is -2.63. The molecule has 0 unspecified atom stereocenters. The van der Waals surface area contributed by atoms with E-state index in [-0.39, 0.29) is 5.91 Å². The van der Waals surface area contributed by atoms with E-state index in [0.717, 1.165) is 36.1 Å². The summed E-state index contributed by atoms with van der Waals surface area (Å²) in [5, 5.41) is 10.8. The number of fused-ring (bicyclic) bond motifs is 2. The summed E-state index contributed by atoms with van der Waals surface area (Å²) >= 11 is 0. The van der Waals surface area contributed by atoms with Gasteiger partial charge in [-0.15, -0.1) is 0 Å². The summed E-state index contributed by atoms with van der Waals surface area (Å²) in [4.78, 5) is 16.8. The number of hydrogen-bond acceptors (Lipinski definition) is 3. The Labute approximate surface area is 127 Å². The van der Waals surface area contributed by atoms with E-state index < -0.39 is 0 Å². The Morgan fingerprint density at radius 1 is 1.45 bits per heavy atom. The molecular weight excluding hydrogens is 278 g/mol. The van der Waals surface area contributed by atoms with E-state index >= 15 is 0 Å². The lowest BCUT2D eigenvalue weighted by Crippen LogP contribution is -2.33. The Morgan fingerprint density at radius 2 is 2.41 bits per heavy atom. The first kappa shape index (κ1) is 13.1. The van der Waals surface area contributed by atoms with Gasteiger partial charge in [0.1, 0.15) is 5.82 Å². The zero-order valence-corrected chi connectivity index (χ0v) is 12.1. The second-order valence-electron chi connectivity index (χ2n) is 5.74. The van der Waals surface area contributed by atoms with Crippen molar-refractivity contribution >= 4 is 16.8 Å². The van der Waals surface area contributed by atoms with Crippen molar-refractivity contribution in [1.29, 1.82) is 0 Å². The first-order chi connectivity index (χ1) is 10.8. The molecule has 1 aromatic carbocycles. The van der Waals surface area contributed by atoms with Crippen LogP contribution in [0.25, 0.3) is 10.9 Å². The van der Waals surface area contributed by atoms with Gasteiger partial charge < -0.3 is 9.88 Å². The quantitative estimate of drug-likeness (QED) is 0.773. The van der Waals surface area contributed by atoms with Gasteiger partial charge in [-0.3, -0.25) is 9.89 Å². The number of aryl methyl sites for hydroxylation is 1. The van der Waals surface area contributed by atoms with Gasteiger partial charge >= 0.3 is 0 Å². The molecule has 0 bridgehead atoms. The second kappa shape index (κ2) is 5.29. The van der Waals surface area contributed by atoms with E-state index in [1.807, 2.05) is 30.6 Å². The molecule has 2 N–H and O–H groups in total. The third kappa shape index (κ3) is 2.26. The van der Waals surface area contributed by atoms with Crippen molar-refractivity contribution in [3.63, 3.8) is 0 Å². The van der Waals surface area contributed by atoms with Crippen molar-refractivity contribution in [1.82, 2.24) is 25.1 Å². The lowest BCUT2D eigenvalue weighted by atomic mass is 9.97. The number of imidazole rings is 1. The van der Waals surface area contributed by atoms with Gasteiger partial charge in [0.25, 0.3) is 5.91 Å². The van der Waals surface area contributed by atoms with E-state index in [9.17, 15) is 4.79 Å². The Bertz CT molecular complexity index is 819. The highest BCUT2D eigenvalue weighted by atomic mass is 16.1. The summed E-state index contributed by atoms with van der Waals surface area (Å²) in [6.45, 7) is 1.66. The van der Waals surface area contributed by atoms with Crippen LogP contribution < -0.4 is 5.32 Å². The summed E-state index contributed by atoms with van der Waals surface area (Å²) in [6.07, 6.45) is 7.55. The lowest BCUT2D eigenvalue weighted by molar-refractivity contribution is 0.0946. The van der Waals surface area contributed by atoms with Crippen molar-refractivity contribution < 1.29 is 4.79 Å². The Balaban J connectivity index is 1.44. The van der Waals surface area contributed by atoms with Crippen LogP contribution in [0, 0.1) is 5.92 Å². The van der Waals surface area contributed by atoms with Crippen LogP contribution in [0.4, 0.5) is 0 Å². The first-order valence-corrected chi connectivity index (χ1v) is 7.51. The van der Waals surface area contributed by atoms with Crippen molar-refractivity contribution in [2.75, 3.05) is 6.54 Å². The fourth-order valence-corrected chi connectivity index (χ4v) is 3.09. The average Bonchev–Trinajstić information content (AvgIpc) is 3.20. The molecule has 22 heavy (non-hydrogen) atoms. The summed E-state index contributed by atoms with van der Waals surface area (Å²) in [7, 11) is 0. The van der Waals surface area contributed by atoms with Crippen LogP contribution in [0.3, 0.4) is 0 Å². The van der Waals surface area contributed by atoms with Crippen LogP contribution in [-0.2, 0) is 13.0 Å². The van der Waals surface area contributed by atoms with Crippen LogP contribution in [0.5, 0.6) is 0 Å². The molecule has 0 aliphatic carbocycles. The molecule has 0 fully saturated rings. The average molecular weight is 295 g/mol. The van der Waals surface area contributed by atoms with Crippen LogP contribution in [-0.4, -0.2) is 32.2 Å². The number of hydrogen-bond donors (Lipinski definition) is 2. The number of carbonyl (C=O) groups is 1. The minimum atomic E-state index is -0.0408. The standard InChI is InChI=1S/C16H17N5O/c22-16(12-2-1-3-14-13(12)10-19-20-14)18-9-11-4-6-21-7-5-17-15(21)8-11/h1-3,5,7,10-11H,4,6,8-9H2,(H,18,22)(H,19,20)/t11-/m0/s1. The number of aromatic nitrogens is 4. The zero-order valence-electron chi connectivity index (χ0n) is 12.1. The topological polar surface area (TPSA) is 75.6 Å². The maximum absolute atomic E-state index is 12.4. The molecule has 1 atom stereocenters. The molecule has 4 rings (SSSR count). The van der Waals surface area contributed by atoms with Gasteiger partial charge in [0, 0.05) is 37.3 Å². The Kier molecular flexibility index (Phi) is 3.14. The molecule has 6 heteroatoms. The molecule has 0 spiro atoms. The number of H-pyrrole nitrogens is 1. The second-order valence-corrected chi connectivity index (χ2v) is 5.74. The van der Waals surface area contributed by atoms with Gasteiger partial charge in [-0.25, -0.2) is 4.98 Å². The maximum atomic E-state index is 12.4. The molecule has 3 aromatic rings. The number of nitrogens with zero attached hydrogens (tertiary/aromatic N) is 3. The minimum absolute atomic E-state index is 0.0408. The van der Waals surface area contributed by atoms with Crippen molar-refractivity contribution in [3.05, 3.63) is 48.2 Å². The fraction of sp³-hybridized carbons (Fsp3) is 0.312. The van der Waals surface area contributed by atoms with Crippen molar-refractivity contribution in [2.45, 2.75) is 19.4 Å². The van der Waals surface area contributed by atoms with Crippen LogP contribution in [0.15, 0.2) is 36.8 Å². The first-order valence-electron chi connectivity index (χ1n) is 7.51. The van der Waals surface area contributed by atoms with Gasteiger partial charge in [-0.05, 0) is 24.5 Å². The highest BCUT2D eigenvalue weighted by molar-refractivity contribution is 6.06. The van der Waals surface area contributed by atoms with Crippen LogP contribution >= 0.6 is 0 Å². The highest BCUT2D eigenvalue weighted by Crippen LogP contribution is 2.19. The third-order valence-corrected chi connectivity index (χ3v) is 4.33. The molecule has 3 heterocycles. The van der Waals surface area contributed by atoms with E-state index in [2.05, 4.69) is 25.1 Å². The molecule has 112 valence electrons. The molecule has 0 radical (unpaired) electrons. The normalized spacial score (nSPS) is 17.4. The largest absolute Gasteiger partial charge is 0.352 e. The monoisotopic (exact) mass is 295 g/mol. The number of benzene rings is 1. The molecule has 0 saturated carbocycles. The molecular formula is C16H17N5O. The van der Waals surface area contributed by atoms with E-state index in [1.165, 1.54) is 0 Å². The molecule has 2 aromatic heterocycles. The zero-order chi connectivity index (χ0) is 14.9. The number of aromatic amines is 1. The molecule has 1 amide bonds. The number of nitrogens with one attached hydrogen (secondary N) is 2. The number of rotatable bonds is 3. The summed E-state index contributed by atoms with van der Waals surface area (Å²) in [5.41, 5.74) is 1.55. The van der Waals surface area contributed by atoms with Gasteiger partial charge in [-0.1, -0.05) is 6.07 Å². The van der Waals surface area contributed by atoms with Gasteiger partial charge in [0.2, 0.25) is 0 Å². The van der Waals surface area contributed by atoms with Gasteiger partial charge in [-0.2, -0.15) is 5.10 Å². The maximum Gasteiger partial charge on any atom is 0.252 e. The van der Waals surface area contributed by atoms with Gasteiger partial charge in [0.05, 0.1) is 17.3 Å². The lowest BCUT2D eigenvalue weighted by Gasteiger charge is -2.23. The fourth-order valence-electron chi connectivity index (χ4n) is 3.09. The smallest absolute Gasteiger partial charge is 0.252 e. The number of carbonyl (C=O) groups excluding carboxylic acids is 1. The molecule has 6 nitrogen and oxygen atoms in total. The summed E-state index contributed by atoms with van der Waals surface area (Å²) in [5.74, 6) is 1.52. The Morgan fingerprint density at radius 3 is 3.36 bits per heavy atom. The van der Waals surface area contributed by atoms with Crippen molar-refractivity contribution in [2.24, 2.45) is 5.92 Å². The van der Waals surface area contributed by atoms with E-state index in [0.29, 0.717) is 18.0 Å². The van der Waals surface area contributed by atoms with Crippen LogP contribution in [0.2, 0.25) is 0 Å². The third-order valence-electron chi connectivity index (χ3n) is 4.33. The minimum Gasteiger partial charge on any atom is -0.352 e. The predicted molar refractivity (Wildman–Crippen MR) is 82.5 cm³/mol. The predicted octanol–water partition coefficient (Wildman–Crippen LogP) is 1.75. The van der Waals surface area contributed by atoms with Gasteiger partial charge in [0.15, 0.2) is 0 Å². The van der Waals surface area contributed by atoms with Crippen LogP contribution in [0.1, 0.15) is 22.6 Å². The summed E-state index contributed by atoms with van der Waals surface area (Å²) in [6, 6.07) is 5.62.